The van der Waals surface area contributed by atoms with Gasteiger partial charge in [0, 0.05) is 23.2 Å². The predicted octanol–water partition coefficient (Wildman–Crippen LogP) is -5.40. The maximum absolute atomic E-state index is 11.3. The fraction of sp³-hybridized carbons (Fsp3) is 0. The molecule has 0 unspecified atom stereocenters. The molecule has 2 aromatic heterocycles. The maximum Gasteiger partial charge on any atom is 1.00 e. The molecule has 0 atom stereocenters. The summed E-state index contributed by atoms with van der Waals surface area (Å²) >= 11 is 0. The summed E-state index contributed by atoms with van der Waals surface area (Å²) in [7, 11) is -9.47. The summed E-state index contributed by atoms with van der Waals surface area (Å²) in [6.45, 7) is 0. The second-order valence-corrected chi connectivity index (χ2v) is 7.08. The third-order valence-corrected chi connectivity index (χ3v) is 4.87. The zero-order valence-electron chi connectivity index (χ0n) is 12.6. The van der Waals surface area contributed by atoms with E-state index in [1.54, 1.807) is 0 Å². The molecule has 3 aromatic rings. The molecule has 0 aliphatic carbocycles. The Morgan fingerprint density at radius 1 is 0.667 bits per heavy atom. The summed E-state index contributed by atoms with van der Waals surface area (Å²) in [4.78, 5) is 6.91. The smallest absolute Gasteiger partial charge is 0.744 e. The number of hydrogen-bond donors (Lipinski definition) is 0. The Hall–Kier alpha value is -0.140. The van der Waals surface area contributed by atoms with Gasteiger partial charge in [-0.2, -0.15) is 0 Å². The first-order chi connectivity index (χ1) is 10.2. The van der Waals surface area contributed by atoms with Crippen molar-refractivity contribution < 1.29 is 85.1 Å². The van der Waals surface area contributed by atoms with Crippen molar-refractivity contribution in [1.82, 2.24) is 9.97 Å². The van der Waals surface area contributed by atoms with Gasteiger partial charge in [0.1, 0.15) is 20.2 Å². The van der Waals surface area contributed by atoms with Gasteiger partial charge in [0.2, 0.25) is 0 Å². The van der Waals surface area contributed by atoms with Crippen LogP contribution in [0.5, 0.6) is 0 Å². The van der Waals surface area contributed by atoms with Crippen LogP contribution in [0, 0.1) is 0 Å². The molecular weight excluding hydrogens is 378 g/mol. The SMILES string of the molecule is O=S(=O)([O-])c1ccnc2c1ccc1c(S(=O)(=O)[O-])ccnc12.[Na+].[Na+]. The minimum absolute atomic E-state index is 0. The van der Waals surface area contributed by atoms with Gasteiger partial charge in [0.05, 0.1) is 20.8 Å². The Morgan fingerprint density at radius 2 is 1.00 bits per heavy atom. The number of aromatic nitrogens is 2. The first-order valence-corrected chi connectivity index (χ1v) is 8.59. The van der Waals surface area contributed by atoms with Crippen LogP contribution in [0.4, 0.5) is 0 Å². The third-order valence-electron chi connectivity index (χ3n) is 3.08. The van der Waals surface area contributed by atoms with E-state index in [1.165, 1.54) is 12.1 Å². The molecule has 0 spiro atoms. The molecular formula is C12H6N2Na2O6S2. The second-order valence-electron chi connectivity index (χ2n) is 4.38. The average molecular weight is 384 g/mol. The first-order valence-electron chi connectivity index (χ1n) is 5.78. The molecule has 8 nitrogen and oxygen atoms in total. The van der Waals surface area contributed by atoms with Gasteiger partial charge >= 0.3 is 59.1 Å². The van der Waals surface area contributed by atoms with Crippen LogP contribution < -0.4 is 59.1 Å². The van der Waals surface area contributed by atoms with Crippen molar-refractivity contribution in [3.05, 3.63) is 36.7 Å². The van der Waals surface area contributed by atoms with Crippen molar-refractivity contribution in [3.8, 4) is 0 Å². The summed E-state index contributed by atoms with van der Waals surface area (Å²) in [6, 6.07) is 4.55. The molecule has 2 heterocycles. The summed E-state index contributed by atoms with van der Waals surface area (Å²) in [5.74, 6) is 0. The zero-order chi connectivity index (χ0) is 16.1. The average Bonchev–Trinajstić information content (AvgIpc) is 2.43. The second kappa shape index (κ2) is 7.62. The summed E-state index contributed by atoms with van der Waals surface area (Å²) in [6.07, 6.45) is 2.21. The summed E-state index contributed by atoms with van der Waals surface area (Å²) in [5.41, 5.74) is 0.0554. The Bertz CT molecular complexity index is 1040. The van der Waals surface area contributed by atoms with E-state index < -0.39 is 30.0 Å². The predicted molar refractivity (Wildman–Crippen MR) is 73.0 cm³/mol. The standard InChI is InChI=1S/C12H8N2O6S2.2Na/c15-21(16,17)9-3-5-13-11-7(9)1-2-8-10(22(18,19)20)4-6-14-12(8)11;;/h1-6H,(H,15,16,17)(H,18,19,20);;/q;2*+1/p-2. The van der Waals surface area contributed by atoms with Gasteiger partial charge in [0.15, 0.2) is 0 Å². The van der Waals surface area contributed by atoms with Gasteiger partial charge in [-0.3, -0.25) is 9.97 Å². The number of pyridine rings is 2. The van der Waals surface area contributed by atoms with Crippen LogP contribution in [0.15, 0.2) is 46.5 Å². The van der Waals surface area contributed by atoms with Gasteiger partial charge in [0.25, 0.3) is 0 Å². The molecule has 114 valence electrons. The molecule has 0 fully saturated rings. The Balaban J connectivity index is 0.00000144. The summed E-state index contributed by atoms with van der Waals surface area (Å²) in [5, 5.41) is 0.0240. The van der Waals surface area contributed by atoms with E-state index in [0.29, 0.717) is 0 Å². The molecule has 0 aliphatic heterocycles. The van der Waals surface area contributed by atoms with Gasteiger partial charge in [-0.1, -0.05) is 12.1 Å². The van der Waals surface area contributed by atoms with Crippen LogP contribution in [-0.2, 0) is 20.2 Å². The third kappa shape index (κ3) is 3.98. The van der Waals surface area contributed by atoms with Crippen LogP contribution in [0.25, 0.3) is 21.8 Å². The normalized spacial score (nSPS) is 11.8. The van der Waals surface area contributed by atoms with Crippen molar-refractivity contribution in [2.24, 2.45) is 0 Å². The molecule has 0 amide bonds. The van der Waals surface area contributed by atoms with Crippen LogP contribution in [-0.4, -0.2) is 35.9 Å². The van der Waals surface area contributed by atoms with E-state index in [9.17, 15) is 25.9 Å². The monoisotopic (exact) mass is 384 g/mol. The van der Waals surface area contributed by atoms with E-state index in [0.717, 1.165) is 24.5 Å². The minimum Gasteiger partial charge on any atom is -0.744 e. The molecule has 0 bridgehead atoms. The van der Waals surface area contributed by atoms with E-state index in [1.807, 2.05) is 0 Å². The summed E-state index contributed by atoms with van der Waals surface area (Å²) < 4.78 is 67.6. The van der Waals surface area contributed by atoms with Crippen molar-refractivity contribution >= 4 is 42.0 Å². The number of fused-ring (bicyclic) bond motifs is 3. The molecule has 0 N–H and O–H groups in total. The van der Waals surface area contributed by atoms with Crippen molar-refractivity contribution in [1.29, 1.82) is 0 Å². The number of rotatable bonds is 2. The van der Waals surface area contributed by atoms with Crippen molar-refractivity contribution in [2.45, 2.75) is 9.79 Å². The zero-order valence-corrected chi connectivity index (χ0v) is 18.3. The van der Waals surface area contributed by atoms with Crippen molar-refractivity contribution in [3.63, 3.8) is 0 Å². The number of nitrogens with zero attached hydrogens (tertiary/aromatic N) is 2. The fourth-order valence-corrected chi connectivity index (χ4v) is 3.54. The van der Waals surface area contributed by atoms with Gasteiger partial charge in [-0.15, -0.1) is 0 Å². The molecule has 0 saturated carbocycles. The molecule has 12 heteroatoms. The quantitative estimate of drug-likeness (QED) is 0.242. The topological polar surface area (TPSA) is 140 Å². The van der Waals surface area contributed by atoms with Crippen LogP contribution in [0.1, 0.15) is 0 Å². The molecule has 3 rings (SSSR count). The number of hydrogen-bond acceptors (Lipinski definition) is 8. The maximum atomic E-state index is 11.3. The van der Waals surface area contributed by atoms with E-state index in [2.05, 4.69) is 9.97 Å². The fourth-order valence-electron chi connectivity index (χ4n) is 2.21. The van der Waals surface area contributed by atoms with Gasteiger partial charge in [-0.05, 0) is 12.1 Å². The first kappa shape index (κ1) is 21.9. The van der Waals surface area contributed by atoms with Gasteiger partial charge in [-0.25, -0.2) is 16.8 Å². The molecule has 0 saturated heterocycles. The van der Waals surface area contributed by atoms with Crippen LogP contribution >= 0.6 is 0 Å². The van der Waals surface area contributed by atoms with Gasteiger partial charge < -0.3 is 9.11 Å². The Labute approximate surface area is 181 Å². The van der Waals surface area contributed by atoms with Crippen LogP contribution in [0.2, 0.25) is 0 Å². The number of benzene rings is 1. The van der Waals surface area contributed by atoms with E-state index in [-0.39, 0.29) is 80.9 Å². The minimum atomic E-state index is -4.73. The molecule has 0 aliphatic rings. The molecule has 0 radical (unpaired) electrons. The Kier molecular flexibility index (Phi) is 6.95. The van der Waals surface area contributed by atoms with E-state index >= 15 is 0 Å². The van der Waals surface area contributed by atoms with Crippen LogP contribution in [0.3, 0.4) is 0 Å². The molecule has 1 aromatic carbocycles. The molecule has 24 heavy (non-hydrogen) atoms. The Morgan fingerprint density at radius 3 is 1.29 bits per heavy atom. The van der Waals surface area contributed by atoms with Crippen molar-refractivity contribution in [2.75, 3.05) is 0 Å². The largest absolute Gasteiger partial charge is 1.00 e. The van der Waals surface area contributed by atoms with E-state index in [4.69, 9.17) is 0 Å².